The lowest BCUT2D eigenvalue weighted by atomic mass is 10.1. The maximum atomic E-state index is 13.5. The molecule has 0 radical (unpaired) electrons. The van der Waals surface area contributed by atoms with Gasteiger partial charge in [-0.05, 0) is 37.0 Å². The molecule has 106 valence electrons. The van der Waals surface area contributed by atoms with E-state index in [0.29, 0.717) is 4.90 Å². The molecule has 0 aliphatic heterocycles. The largest absolute Gasteiger partial charge is 0.327 e. The molecule has 1 atom stereocenters. The van der Waals surface area contributed by atoms with Crippen molar-refractivity contribution in [2.75, 3.05) is 5.75 Å². The van der Waals surface area contributed by atoms with Crippen LogP contribution in [-0.2, 0) is 6.42 Å². The van der Waals surface area contributed by atoms with Crippen molar-refractivity contribution in [1.29, 1.82) is 0 Å². The van der Waals surface area contributed by atoms with Gasteiger partial charge in [0.05, 0.1) is 0 Å². The van der Waals surface area contributed by atoms with E-state index in [1.165, 1.54) is 23.4 Å². The van der Waals surface area contributed by atoms with Gasteiger partial charge < -0.3 is 5.73 Å². The number of hydrogen-bond donors (Lipinski definition) is 1. The Kier molecular flexibility index (Phi) is 6.09. The van der Waals surface area contributed by atoms with E-state index in [2.05, 4.69) is 24.3 Å². The topological polar surface area (TPSA) is 26.0 Å². The molecule has 2 N–H and O–H groups in total. The molecule has 0 spiro atoms. The average molecular weight is 289 g/mol. The van der Waals surface area contributed by atoms with Crippen LogP contribution in [0.3, 0.4) is 0 Å². The highest BCUT2D eigenvalue weighted by Gasteiger charge is 2.06. The monoisotopic (exact) mass is 289 g/mol. The molecule has 0 aromatic heterocycles. The van der Waals surface area contributed by atoms with Gasteiger partial charge in [-0.25, -0.2) is 4.39 Å². The number of aryl methyl sites for hydroxylation is 1. The Morgan fingerprint density at radius 1 is 1.00 bits per heavy atom. The van der Waals surface area contributed by atoms with E-state index in [9.17, 15) is 4.39 Å². The first-order valence-electron chi connectivity index (χ1n) is 6.92. The van der Waals surface area contributed by atoms with E-state index < -0.39 is 0 Å². The molecule has 0 heterocycles. The third-order valence-electron chi connectivity index (χ3n) is 3.17. The summed E-state index contributed by atoms with van der Waals surface area (Å²) >= 11 is 1.50. The third-order valence-corrected chi connectivity index (χ3v) is 4.41. The number of hydrogen-bond acceptors (Lipinski definition) is 2. The van der Waals surface area contributed by atoms with Crippen molar-refractivity contribution >= 4 is 11.8 Å². The number of halogens is 1. The predicted molar refractivity (Wildman–Crippen MR) is 84.5 cm³/mol. The number of nitrogens with two attached hydrogens (primary N) is 1. The van der Waals surface area contributed by atoms with Crippen molar-refractivity contribution < 1.29 is 4.39 Å². The van der Waals surface area contributed by atoms with Crippen LogP contribution in [0.15, 0.2) is 59.5 Å². The summed E-state index contributed by atoms with van der Waals surface area (Å²) < 4.78 is 13.5. The molecule has 0 fully saturated rings. The molecule has 0 amide bonds. The van der Waals surface area contributed by atoms with Crippen molar-refractivity contribution in [1.82, 2.24) is 0 Å². The summed E-state index contributed by atoms with van der Waals surface area (Å²) in [6.45, 7) is 0. The Hall–Kier alpha value is -1.32. The van der Waals surface area contributed by atoms with E-state index in [0.717, 1.165) is 25.0 Å². The van der Waals surface area contributed by atoms with Gasteiger partial charge in [-0.15, -0.1) is 11.8 Å². The molecule has 1 unspecified atom stereocenters. The summed E-state index contributed by atoms with van der Waals surface area (Å²) in [5.41, 5.74) is 7.44. The zero-order chi connectivity index (χ0) is 14.2. The van der Waals surface area contributed by atoms with Crippen LogP contribution in [0.2, 0.25) is 0 Å². The molecule has 1 nitrogen and oxygen atoms in total. The maximum absolute atomic E-state index is 13.5. The summed E-state index contributed by atoms with van der Waals surface area (Å²) in [7, 11) is 0. The van der Waals surface area contributed by atoms with E-state index in [1.54, 1.807) is 12.1 Å². The second-order valence-electron chi connectivity index (χ2n) is 4.88. The van der Waals surface area contributed by atoms with Crippen LogP contribution in [0.4, 0.5) is 4.39 Å². The summed E-state index contributed by atoms with van der Waals surface area (Å²) in [6.07, 6.45) is 3.10. The predicted octanol–water partition coefficient (Wildman–Crippen LogP) is 4.27. The number of benzene rings is 2. The summed E-state index contributed by atoms with van der Waals surface area (Å²) in [5.74, 6) is 0.601. The van der Waals surface area contributed by atoms with Gasteiger partial charge in [0.1, 0.15) is 5.82 Å². The second kappa shape index (κ2) is 8.08. The van der Waals surface area contributed by atoms with E-state index in [1.807, 2.05) is 12.1 Å². The molecule has 0 aliphatic rings. The Morgan fingerprint density at radius 2 is 1.70 bits per heavy atom. The molecule has 0 saturated heterocycles. The minimum absolute atomic E-state index is 0.114. The van der Waals surface area contributed by atoms with Crippen molar-refractivity contribution in [3.8, 4) is 0 Å². The Balaban J connectivity index is 1.68. The van der Waals surface area contributed by atoms with Crippen molar-refractivity contribution in [3.05, 3.63) is 66.0 Å². The molecular weight excluding hydrogens is 269 g/mol. The van der Waals surface area contributed by atoms with Gasteiger partial charge >= 0.3 is 0 Å². The normalized spacial score (nSPS) is 12.3. The second-order valence-corrected chi connectivity index (χ2v) is 5.94. The Morgan fingerprint density at radius 3 is 2.45 bits per heavy atom. The maximum Gasteiger partial charge on any atom is 0.136 e. The molecule has 2 aromatic carbocycles. The highest BCUT2D eigenvalue weighted by atomic mass is 32.2. The fourth-order valence-electron chi connectivity index (χ4n) is 2.05. The number of rotatable bonds is 7. The highest BCUT2D eigenvalue weighted by Crippen LogP contribution is 2.22. The van der Waals surface area contributed by atoms with Crippen LogP contribution in [0.1, 0.15) is 18.4 Å². The van der Waals surface area contributed by atoms with Gasteiger partial charge in [0, 0.05) is 16.7 Å². The fraction of sp³-hybridized carbons (Fsp3) is 0.294. The van der Waals surface area contributed by atoms with E-state index in [4.69, 9.17) is 5.73 Å². The minimum Gasteiger partial charge on any atom is -0.327 e. The smallest absolute Gasteiger partial charge is 0.136 e. The van der Waals surface area contributed by atoms with Crippen LogP contribution < -0.4 is 5.73 Å². The van der Waals surface area contributed by atoms with Crippen LogP contribution >= 0.6 is 11.8 Å². The number of thioether (sulfide) groups is 1. The lowest BCUT2D eigenvalue weighted by molar-refractivity contribution is 0.600. The van der Waals surface area contributed by atoms with Crippen LogP contribution in [-0.4, -0.2) is 11.8 Å². The fourth-order valence-corrected chi connectivity index (χ4v) is 3.00. The minimum atomic E-state index is -0.158. The summed E-state index contributed by atoms with van der Waals surface area (Å²) in [6, 6.07) is 17.4. The molecule has 0 bridgehead atoms. The quantitative estimate of drug-likeness (QED) is 0.770. The standard InChI is InChI=1S/C17H20FNS/c18-16-11-4-5-12-17(16)20-13-15(19)10-6-9-14-7-2-1-3-8-14/h1-5,7-8,11-12,15H,6,9-10,13,19H2. The SMILES string of the molecule is NC(CCCc1ccccc1)CSc1ccccc1F. The van der Waals surface area contributed by atoms with Gasteiger partial charge in [0.2, 0.25) is 0 Å². The van der Waals surface area contributed by atoms with Crippen LogP contribution in [0.25, 0.3) is 0 Å². The lowest BCUT2D eigenvalue weighted by Crippen LogP contribution is -2.22. The average Bonchev–Trinajstić information content (AvgIpc) is 2.47. The Labute approximate surface area is 124 Å². The first kappa shape index (κ1) is 15.1. The molecule has 2 aromatic rings. The zero-order valence-electron chi connectivity index (χ0n) is 11.5. The van der Waals surface area contributed by atoms with Gasteiger partial charge in [0.15, 0.2) is 0 Å². The molecule has 20 heavy (non-hydrogen) atoms. The van der Waals surface area contributed by atoms with Gasteiger partial charge in [0.25, 0.3) is 0 Å². The van der Waals surface area contributed by atoms with E-state index in [-0.39, 0.29) is 11.9 Å². The first-order chi connectivity index (χ1) is 9.75. The Bertz CT molecular complexity index is 515. The van der Waals surface area contributed by atoms with Crippen molar-refractivity contribution in [3.63, 3.8) is 0 Å². The first-order valence-corrected chi connectivity index (χ1v) is 7.91. The highest BCUT2D eigenvalue weighted by molar-refractivity contribution is 7.99. The molecule has 3 heteroatoms. The van der Waals surface area contributed by atoms with Crippen molar-refractivity contribution in [2.45, 2.75) is 30.2 Å². The van der Waals surface area contributed by atoms with Gasteiger partial charge in [-0.1, -0.05) is 42.5 Å². The lowest BCUT2D eigenvalue weighted by Gasteiger charge is -2.11. The molecule has 2 rings (SSSR count). The zero-order valence-corrected chi connectivity index (χ0v) is 12.3. The van der Waals surface area contributed by atoms with Gasteiger partial charge in [-0.3, -0.25) is 0 Å². The summed E-state index contributed by atoms with van der Waals surface area (Å²) in [5, 5.41) is 0. The molecule has 0 aliphatic carbocycles. The molecular formula is C17H20FNS. The van der Waals surface area contributed by atoms with Crippen LogP contribution in [0.5, 0.6) is 0 Å². The molecule has 0 saturated carbocycles. The van der Waals surface area contributed by atoms with Gasteiger partial charge in [-0.2, -0.15) is 0 Å². The van der Waals surface area contributed by atoms with Crippen LogP contribution in [0, 0.1) is 5.82 Å². The summed E-state index contributed by atoms with van der Waals surface area (Å²) in [4.78, 5) is 0.686. The van der Waals surface area contributed by atoms with E-state index >= 15 is 0 Å². The third kappa shape index (κ3) is 4.99. The van der Waals surface area contributed by atoms with Crippen molar-refractivity contribution in [2.24, 2.45) is 5.73 Å².